The predicted molar refractivity (Wildman–Crippen MR) is 95.2 cm³/mol. The Bertz CT molecular complexity index is 652. The van der Waals surface area contributed by atoms with Crippen LogP contribution < -0.4 is 5.56 Å². The van der Waals surface area contributed by atoms with Gasteiger partial charge in [-0.25, -0.2) is 0 Å². The summed E-state index contributed by atoms with van der Waals surface area (Å²) in [4.78, 5) is 12.4. The third-order valence-electron chi connectivity index (χ3n) is 3.49. The summed E-state index contributed by atoms with van der Waals surface area (Å²) in [5.74, 6) is 0. The molecule has 128 valence electrons. The Morgan fingerprint density at radius 3 is 2.22 bits per heavy atom. The molecule has 0 radical (unpaired) electrons. The fraction of sp³-hybridized carbons (Fsp3) is 0.562. The quantitative estimate of drug-likeness (QED) is 0.573. The topological polar surface area (TPSA) is 49.7 Å². The van der Waals surface area contributed by atoms with Crippen molar-refractivity contribution >= 4 is 33.2 Å². The van der Waals surface area contributed by atoms with Gasteiger partial charge >= 0.3 is 144 Å². The number of fused-ring (bicyclic) bond motifs is 1. The number of rotatable bonds is 10. The number of benzene rings is 1. The normalized spacial score (nSPS) is 12.1. The number of aryl methyl sites for hydroxylation is 1. The van der Waals surface area contributed by atoms with Crippen molar-refractivity contribution in [2.45, 2.75) is 39.8 Å². The molecule has 0 unspecified atom stereocenters. The molecule has 2 rings (SSSR count). The fourth-order valence-electron chi connectivity index (χ4n) is 2.61. The molecule has 7 heteroatoms. The summed E-state index contributed by atoms with van der Waals surface area (Å²) >= 11 is 0.0841. The molecule has 1 aromatic carbocycles. The molecule has 0 fully saturated rings. The summed E-state index contributed by atoms with van der Waals surface area (Å²) < 4.78 is 20.7. The van der Waals surface area contributed by atoms with Crippen molar-refractivity contribution in [1.82, 2.24) is 3.56 Å². The number of hydrogen-bond donors (Lipinski definition) is 0. The zero-order valence-electron chi connectivity index (χ0n) is 14.0. The van der Waals surface area contributed by atoms with E-state index in [1.165, 1.54) is 4.26 Å². The Morgan fingerprint density at radius 2 is 1.65 bits per heavy atom. The van der Waals surface area contributed by atoms with Crippen LogP contribution in [0, 0.1) is 0 Å². The van der Waals surface area contributed by atoms with E-state index in [0.717, 1.165) is 24.4 Å². The molecule has 0 bridgehead atoms. The maximum atomic E-state index is 12.4. The molecule has 0 saturated carbocycles. The van der Waals surface area contributed by atoms with E-state index in [1.54, 1.807) is 0 Å². The molecule has 0 aliphatic rings. The summed E-state index contributed by atoms with van der Waals surface area (Å²) in [6.45, 7) is 8.38. The Kier molecular flexibility index (Phi) is 7.27. The first-order chi connectivity index (χ1) is 11.2. The second kappa shape index (κ2) is 8.96. The van der Waals surface area contributed by atoms with Gasteiger partial charge in [0, 0.05) is 0 Å². The molecule has 0 aliphatic carbocycles. The van der Waals surface area contributed by atoms with Crippen LogP contribution in [0.25, 0.3) is 9.65 Å². The van der Waals surface area contributed by atoms with Gasteiger partial charge in [-0.15, -0.1) is 0 Å². The molecule has 0 amide bonds. The van der Waals surface area contributed by atoms with Crippen LogP contribution in [0.2, 0.25) is 6.04 Å². The van der Waals surface area contributed by atoms with Crippen LogP contribution >= 0.6 is 0 Å². The predicted octanol–water partition coefficient (Wildman–Crippen LogP) is 2.50. The van der Waals surface area contributed by atoms with Crippen LogP contribution in [0.4, 0.5) is 0 Å². The number of nitrogens with zero attached hydrogens (tertiary/aromatic N) is 1. The number of hydrogen-bond acceptors (Lipinski definition) is 4. The summed E-state index contributed by atoms with van der Waals surface area (Å²) in [5, 5.41) is 0.857. The van der Waals surface area contributed by atoms with E-state index < -0.39 is 8.80 Å². The van der Waals surface area contributed by atoms with E-state index in [-0.39, 0.29) is 20.3 Å². The molecule has 1 heterocycles. The first kappa shape index (κ1) is 18.6. The SMILES string of the molecule is CCO[Si](CCCn1[se]c2ccccc2c1=O)(OCC)OCC. The average molecular weight is 402 g/mol. The van der Waals surface area contributed by atoms with Crippen molar-refractivity contribution < 1.29 is 13.3 Å². The molecule has 1 aromatic heterocycles. The Morgan fingerprint density at radius 1 is 1.04 bits per heavy atom. The van der Waals surface area contributed by atoms with E-state index in [4.69, 9.17) is 13.3 Å². The minimum atomic E-state index is -2.60. The van der Waals surface area contributed by atoms with E-state index in [2.05, 4.69) is 0 Å². The molecule has 5 nitrogen and oxygen atoms in total. The number of aromatic nitrogens is 1. The van der Waals surface area contributed by atoms with Crippen LogP contribution in [0.5, 0.6) is 0 Å². The van der Waals surface area contributed by atoms with E-state index in [0.29, 0.717) is 19.8 Å². The van der Waals surface area contributed by atoms with Crippen molar-refractivity contribution in [3.05, 3.63) is 34.6 Å². The van der Waals surface area contributed by atoms with Crippen molar-refractivity contribution in [2.24, 2.45) is 0 Å². The second-order valence-electron chi connectivity index (χ2n) is 5.08. The third kappa shape index (κ3) is 4.65. The second-order valence-corrected chi connectivity index (χ2v) is 10.0. The molecule has 0 N–H and O–H groups in total. The summed E-state index contributed by atoms with van der Waals surface area (Å²) in [7, 11) is -2.60. The summed E-state index contributed by atoms with van der Waals surface area (Å²) in [6.07, 6.45) is 0.841. The Labute approximate surface area is 144 Å². The van der Waals surface area contributed by atoms with Crippen LogP contribution in [-0.4, -0.2) is 46.9 Å². The van der Waals surface area contributed by atoms with Gasteiger partial charge in [-0.05, 0) is 0 Å². The zero-order chi connectivity index (χ0) is 16.7. The van der Waals surface area contributed by atoms with Crippen molar-refractivity contribution in [3.8, 4) is 0 Å². The zero-order valence-corrected chi connectivity index (χ0v) is 16.8. The standard InChI is InChI=1S/C16H25NO4SeSi/c1-4-19-23(20-5-2,21-6-3)13-9-12-17-16(18)14-10-7-8-11-15(14)22-17/h7-8,10-11H,4-6,9,12-13H2,1-3H3. The van der Waals surface area contributed by atoms with Crippen molar-refractivity contribution in [2.75, 3.05) is 19.8 Å². The molecule has 0 saturated heterocycles. The summed E-state index contributed by atoms with van der Waals surface area (Å²) in [6, 6.07) is 8.63. The molecule has 2 aromatic rings. The Balaban J connectivity index is 2.05. The molecule has 0 spiro atoms. The Hall–Kier alpha value is -0.694. The van der Waals surface area contributed by atoms with Crippen LogP contribution in [0.1, 0.15) is 27.2 Å². The van der Waals surface area contributed by atoms with Gasteiger partial charge in [-0.1, -0.05) is 0 Å². The van der Waals surface area contributed by atoms with Gasteiger partial charge in [-0.3, -0.25) is 0 Å². The van der Waals surface area contributed by atoms with Crippen LogP contribution in [0.15, 0.2) is 29.1 Å². The average Bonchev–Trinajstić information content (AvgIpc) is 2.85. The van der Waals surface area contributed by atoms with Crippen LogP contribution in [0.3, 0.4) is 0 Å². The molecule has 0 aliphatic heterocycles. The van der Waals surface area contributed by atoms with Crippen molar-refractivity contribution in [1.29, 1.82) is 0 Å². The van der Waals surface area contributed by atoms with Crippen molar-refractivity contribution in [3.63, 3.8) is 0 Å². The van der Waals surface area contributed by atoms with Gasteiger partial charge in [0.15, 0.2) is 0 Å². The first-order valence-corrected chi connectivity index (χ1v) is 11.7. The van der Waals surface area contributed by atoms with Crippen LogP contribution in [-0.2, 0) is 19.8 Å². The van der Waals surface area contributed by atoms with Gasteiger partial charge in [-0.2, -0.15) is 0 Å². The molecule has 23 heavy (non-hydrogen) atoms. The summed E-state index contributed by atoms with van der Waals surface area (Å²) in [5.41, 5.74) is 0.150. The monoisotopic (exact) mass is 403 g/mol. The van der Waals surface area contributed by atoms with E-state index in [1.807, 2.05) is 48.6 Å². The minimum absolute atomic E-state index is 0.0841. The van der Waals surface area contributed by atoms with E-state index >= 15 is 0 Å². The van der Waals surface area contributed by atoms with Gasteiger partial charge in [0.25, 0.3) is 0 Å². The molecule has 0 atom stereocenters. The molecular formula is C16H25NO4SeSi. The maximum absolute atomic E-state index is 12.4. The van der Waals surface area contributed by atoms with Gasteiger partial charge in [0.2, 0.25) is 0 Å². The first-order valence-electron chi connectivity index (χ1n) is 8.16. The molecular weight excluding hydrogens is 377 g/mol. The van der Waals surface area contributed by atoms with Gasteiger partial charge in [0.05, 0.1) is 0 Å². The van der Waals surface area contributed by atoms with Gasteiger partial charge < -0.3 is 0 Å². The fourth-order valence-corrected chi connectivity index (χ4v) is 7.36. The third-order valence-corrected chi connectivity index (χ3v) is 8.99. The van der Waals surface area contributed by atoms with Gasteiger partial charge in [0.1, 0.15) is 0 Å². The van der Waals surface area contributed by atoms with E-state index in [9.17, 15) is 4.79 Å².